The molecule has 0 atom stereocenters. The van der Waals surface area contributed by atoms with Crippen LogP contribution in [0.3, 0.4) is 0 Å². The molecule has 0 aromatic heterocycles. The molecule has 0 aliphatic rings. The standard InChI is InChI=1S/C26H34O12/c1-13-15(25(27)35-9)21(37-11-29-3)17(23(33-7)19(13)31-5)18-22(38-12-30-4)16(26(28)36-10)14(2)20(32-6)24(18)34-8/h11-12H2,1-10H3. The first-order valence-corrected chi connectivity index (χ1v) is 11.2. The summed E-state index contributed by atoms with van der Waals surface area (Å²) in [7, 11) is 11.0. The zero-order valence-corrected chi connectivity index (χ0v) is 23.3. The van der Waals surface area contributed by atoms with E-state index in [0.29, 0.717) is 11.1 Å². The van der Waals surface area contributed by atoms with Crippen molar-refractivity contribution in [3.05, 3.63) is 22.3 Å². The molecule has 38 heavy (non-hydrogen) atoms. The van der Waals surface area contributed by atoms with E-state index in [1.54, 1.807) is 13.8 Å². The second-order valence-electron chi connectivity index (χ2n) is 7.63. The Kier molecular flexibility index (Phi) is 10.8. The van der Waals surface area contributed by atoms with E-state index in [1.807, 2.05) is 0 Å². The Morgan fingerprint density at radius 1 is 0.500 bits per heavy atom. The fourth-order valence-corrected chi connectivity index (χ4v) is 4.15. The van der Waals surface area contributed by atoms with Gasteiger partial charge in [-0.05, 0) is 13.8 Å². The Balaban J connectivity index is 3.39. The van der Waals surface area contributed by atoms with Crippen LogP contribution in [0.4, 0.5) is 0 Å². The highest BCUT2D eigenvalue weighted by Crippen LogP contribution is 2.58. The molecule has 2 aromatic carbocycles. The summed E-state index contributed by atoms with van der Waals surface area (Å²) in [6.07, 6.45) is 0. The van der Waals surface area contributed by atoms with Crippen molar-refractivity contribution in [2.75, 3.05) is 70.5 Å². The normalized spacial score (nSPS) is 10.5. The van der Waals surface area contributed by atoms with Crippen LogP contribution in [-0.2, 0) is 18.9 Å². The zero-order chi connectivity index (χ0) is 28.6. The van der Waals surface area contributed by atoms with Crippen molar-refractivity contribution in [1.29, 1.82) is 0 Å². The molecular weight excluding hydrogens is 504 g/mol. The van der Waals surface area contributed by atoms with Crippen LogP contribution in [0.1, 0.15) is 31.8 Å². The lowest BCUT2D eigenvalue weighted by molar-refractivity contribution is 0.0446. The van der Waals surface area contributed by atoms with E-state index in [1.165, 1.54) is 56.9 Å². The highest BCUT2D eigenvalue weighted by molar-refractivity contribution is 6.05. The van der Waals surface area contributed by atoms with Gasteiger partial charge in [0, 0.05) is 25.3 Å². The van der Waals surface area contributed by atoms with Gasteiger partial charge >= 0.3 is 11.9 Å². The largest absolute Gasteiger partial charge is 0.493 e. The zero-order valence-electron chi connectivity index (χ0n) is 23.3. The fraction of sp³-hybridized carbons (Fsp3) is 0.462. The highest BCUT2D eigenvalue weighted by Gasteiger charge is 2.37. The summed E-state index contributed by atoms with van der Waals surface area (Å²) < 4.78 is 55.2. The topological polar surface area (TPSA) is 126 Å². The predicted molar refractivity (Wildman–Crippen MR) is 135 cm³/mol. The number of ether oxygens (including phenoxy) is 10. The molecule has 2 aromatic rings. The van der Waals surface area contributed by atoms with Gasteiger partial charge in [0.2, 0.25) is 0 Å². The van der Waals surface area contributed by atoms with Gasteiger partial charge in [0.1, 0.15) is 22.6 Å². The van der Waals surface area contributed by atoms with Gasteiger partial charge in [-0.15, -0.1) is 0 Å². The van der Waals surface area contributed by atoms with E-state index in [4.69, 9.17) is 47.4 Å². The van der Waals surface area contributed by atoms with Crippen LogP contribution in [-0.4, -0.2) is 82.4 Å². The van der Waals surface area contributed by atoms with E-state index >= 15 is 0 Å². The van der Waals surface area contributed by atoms with Crippen molar-refractivity contribution in [1.82, 2.24) is 0 Å². The number of benzene rings is 2. The molecule has 2 rings (SSSR count). The Labute approximate surface area is 221 Å². The van der Waals surface area contributed by atoms with Crippen molar-refractivity contribution in [2.45, 2.75) is 13.8 Å². The number of carbonyl (C=O) groups excluding carboxylic acids is 2. The molecule has 0 radical (unpaired) electrons. The molecule has 0 N–H and O–H groups in total. The van der Waals surface area contributed by atoms with E-state index in [9.17, 15) is 9.59 Å². The number of methoxy groups -OCH3 is 8. The first-order valence-electron chi connectivity index (χ1n) is 11.2. The van der Waals surface area contributed by atoms with Gasteiger partial charge in [-0.3, -0.25) is 0 Å². The van der Waals surface area contributed by atoms with Gasteiger partial charge in [0.15, 0.2) is 36.6 Å². The Hall–Kier alpha value is -3.90. The lowest BCUT2D eigenvalue weighted by atomic mass is 9.90. The summed E-state index contributed by atoms with van der Waals surface area (Å²) in [6, 6.07) is 0. The van der Waals surface area contributed by atoms with Crippen LogP contribution in [0.5, 0.6) is 34.5 Å². The molecule has 0 saturated heterocycles. The first kappa shape index (κ1) is 30.3. The molecule has 12 nitrogen and oxygen atoms in total. The second-order valence-corrected chi connectivity index (χ2v) is 7.63. The van der Waals surface area contributed by atoms with Crippen LogP contribution in [0.25, 0.3) is 11.1 Å². The first-order chi connectivity index (χ1) is 18.2. The molecule has 12 heteroatoms. The summed E-state index contributed by atoms with van der Waals surface area (Å²) in [5.41, 5.74) is 1.07. The fourth-order valence-electron chi connectivity index (χ4n) is 4.15. The Morgan fingerprint density at radius 3 is 1.05 bits per heavy atom. The molecule has 0 amide bonds. The number of rotatable bonds is 13. The van der Waals surface area contributed by atoms with Crippen molar-refractivity contribution >= 4 is 11.9 Å². The van der Waals surface area contributed by atoms with Crippen molar-refractivity contribution in [3.63, 3.8) is 0 Å². The van der Waals surface area contributed by atoms with Crippen LogP contribution < -0.4 is 28.4 Å². The van der Waals surface area contributed by atoms with Crippen LogP contribution in [0, 0.1) is 13.8 Å². The van der Waals surface area contributed by atoms with Gasteiger partial charge in [-0.2, -0.15) is 0 Å². The SMILES string of the molecule is COCOc1c(C(=O)OC)c(C)c(OC)c(OC)c1-c1c(OC)c(OC)c(C)c(C(=O)OC)c1OCOC. The summed E-state index contributed by atoms with van der Waals surface area (Å²) in [6.45, 7) is 2.78. The number of hydrogen-bond donors (Lipinski definition) is 0. The second kappa shape index (κ2) is 13.6. The third-order valence-corrected chi connectivity index (χ3v) is 5.69. The van der Waals surface area contributed by atoms with E-state index in [0.717, 1.165) is 0 Å². The third kappa shape index (κ3) is 5.36. The van der Waals surface area contributed by atoms with Crippen LogP contribution in [0.15, 0.2) is 0 Å². The van der Waals surface area contributed by atoms with Crippen LogP contribution in [0.2, 0.25) is 0 Å². The third-order valence-electron chi connectivity index (χ3n) is 5.69. The highest BCUT2D eigenvalue weighted by atomic mass is 16.7. The summed E-state index contributed by atoms with van der Waals surface area (Å²) in [5.74, 6) is -0.759. The van der Waals surface area contributed by atoms with Gasteiger partial charge < -0.3 is 47.4 Å². The molecule has 0 saturated carbocycles. The van der Waals surface area contributed by atoms with E-state index in [2.05, 4.69) is 0 Å². The van der Waals surface area contributed by atoms with Crippen molar-refractivity contribution in [3.8, 4) is 45.6 Å². The quantitative estimate of drug-likeness (QED) is 0.273. The number of hydrogen-bond acceptors (Lipinski definition) is 12. The lowest BCUT2D eigenvalue weighted by Crippen LogP contribution is -2.16. The smallest absolute Gasteiger partial charge is 0.342 e. The molecule has 0 aliphatic heterocycles. The maximum atomic E-state index is 13.1. The maximum absolute atomic E-state index is 13.1. The average molecular weight is 539 g/mol. The predicted octanol–water partition coefficient (Wildman–Crippen LogP) is 3.54. The minimum absolute atomic E-state index is 0.00358. The minimum atomic E-state index is -0.721. The van der Waals surface area contributed by atoms with Gasteiger partial charge in [-0.25, -0.2) is 9.59 Å². The van der Waals surface area contributed by atoms with Gasteiger partial charge in [0.25, 0.3) is 0 Å². The molecule has 0 aliphatic carbocycles. The molecule has 0 fully saturated rings. The Bertz CT molecular complexity index is 1080. The molecule has 0 bridgehead atoms. The summed E-state index contributed by atoms with van der Waals surface area (Å²) in [4.78, 5) is 26.1. The monoisotopic (exact) mass is 538 g/mol. The van der Waals surface area contributed by atoms with Crippen molar-refractivity contribution in [2.24, 2.45) is 0 Å². The van der Waals surface area contributed by atoms with E-state index in [-0.39, 0.29) is 70.3 Å². The number of esters is 2. The molecule has 0 heterocycles. The van der Waals surface area contributed by atoms with Crippen molar-refractivity contribution < 1.29 is 57.0 Å². The van der Waals surface area contributed by atoms with Gasteiger partial charge in [-0.1, -0.05) is 0 Å². The molecule has 0 spiro atoms. The molecule has 210 valence electrons. The lowest BCUT2D eigenvalue weighted by Gasteiger charge is -2.27. The average Bonchev–Trinajstić information content (AvgIpc) is 2.93. The molecule has 0 unspecified atom stereocenters. The van der Waals surface area contributed by atoms with E-state index < -0.39 is 11.9 Å². The maximum Gasteiger partial charge on any atom is 0.342 e. The summed E-state index contributed by atoms with van der Waals surface area (Å²) >= 11 is 0. The van der Waals surface area contributed by atoms with Gasteiger partial charge in [0.05, 0.1) is 53.8 Å². The molecular formula is C26H34O12. The number of carbonyl (C=O) groups is 2. The Morgan fingerprint density at radius 2 is 0.816 bits per heavy atom. The van der Waals surface area contributed by atoms with Crippen LogP contribution >= 0.6 is 0 Å². The minimum Gasteiger partial charge on any atom is -0.493 e. The summed E-state index contributed by atoms with van der Waals surface area (Å²) in [5, 5.41) is 0.